The molecule has 0 bridgehead atoms. The molecule has 11 heteroatoms. The van der Waals surface area contributed by atoms with E-state index in [2.05, 4.69) is 28.7 Å². The van der Waals surface area contributed by atoms with Crippen molar-refractivity contribution >= 4 is 43.6 Å². The summed E-state index contributed by atoms with van der Waals surface area (Å²) in [5, 5.41) is 6.65. The summed E-state index contributed by atoms with van der Waals surface area (Å²) in [5.41, 5.74) is 0. The molecule has 0 atom stereocenters. The Balaban J connectivity index is 4.74. The standard InChI is InChI=1S/C21H41N3O5S2Si/c1-6-12-22-20(30)25-17-15-24(16-18-26-21(31)23-13-7-2)14-11-19-32(27-8-3,28-9-4)29-10-5/h6-7H,1-2,8-19H2,3-5H3,(H,22,30)(H,23,31). The van der Waals surface area contributed by atoms with Gasteiger partial charge in [-0.1, -0.05) is 12.2 Å². The molecule has 8 nitrogen and oxygen atoms in total. The molecule has 0 amide bonds. The molecule has 2 N–H and O–H groups in total. The molecule has 0 spiro atoms. The zero-order chi connectivity index (χ0) is 24.1. The monoisotopic (exact) mass is 507 g/mol. The van der Waals surface area contributed by atoms with Gasteiger partial charge in [-0.25, -0.2) is 0 Å². The van der Waals surface area contributed by atoms with E-state index in [1.54, 1.807) is 12.2 Å². The topological polar surface area (TPSA) is 73.5 Å². The Morgan fingerprint density at radius 3 is 1.62 bits per heavy atom. The van der Waals surface area contributed by atoms with Gasteiger partial charge in [0.25, 0.3) is 10.3 Å². The Bertz CT molecular complexity index is 497. The molecule has 0 rings (SSSR count). The molecular formula is C21H41N3O5S2Si. The van der Waals surface area contributed by atoms with E-state index in [1.807, 2.05) is 20.8 Å². The van der Waals surface area contributed by atoms with E-state index in [0.717, 1.165) is 19.0 Å². The van der Waals surface area contributed by atoms with Crippen LogP contribution in [0.25, 0.3) is 0 Å². The van der Waals surface area contributed by atoms with Gasteiger partial charge in [0.15, 0.2) is 0 Å². The number of nitrogens with one attached hydrogen (secondary N) is 2. The Morgan fingerprint density at radius 2 is 1.25 bits per heavy atom. The quantitative estimate of drug-likeness (QED) is 0.146. The normalized spacial score (nSPS) is 11.1. The van der Waals surface area contributed by atoms with Crippen molar-refractivity contribution in [2.75, 3.05) is 65.8 Å². The predicted octanol–water partition coefficient (Wildman–Crippen LogP) is 2.88. The van der Waals surface area contributed by atoms with E-state index in [9.17, 15) is 0 Å². The molecule has 0 aliphatic heterocycles. The molecule has 0 radical (unpaired) electrons. The highest BCUT2D eigenvalue weighted by atomic mass is 32.1. The summed E-state index contributed by atoms with van der Waals surface area (Å²) in [4.78, 5) is 2.25. The summed E-state index contributed by atoms with van der Waals surface area (Å²) < 4.78 is 29.0. The lowest BCUT2D eigenvalue weighted by Gasteiger charge is -2.29. The first-order valence-corrected chi connectivity index (χ1v) is 13.9. The molecule has 32 heavy (non-hydrogen) atoms. The number of hydrogen-bond donors (Lipinski definition) is 2. The Morgan fingerprint density at radius 1 is 0.812 bits per heavy atom. The van der Waals surface area contributed by atoms with Crippen LogP contribution in [0.3, 0.4) is 0 Å². The average molecular weight is 508 g/mol. The van der Waals surface area contributed by atoms with Gasteiger partial charge in [0, 0.05) is 52.0 Å². The minimum atomic E-state index is -2.66. The van der Waals surface area contributed by atoms with E-state index in [1.165, 1.54) is 0 Å². The number of thiocarbonyl (C=S) groups is 2. The van der Waals surface area contributed by atoms with Crippen molar-refractivity contribution in [3.63, 3.8) is 0 Å². The van der Waals surface area contributed by atoms with Crippen molar-refractivity contribution in [3.05, 3.63) is 25.3 Å². The second kappa shape index (κ2) is 20.5. The highest BCUT2D eigenvalue weighted by molar-refractivity contribution is 7.80. The van der Waals surface area contributed by atoms with Crippen LogP contribution in [0, 0.1) is 0 Å². The van der Waals surface area contributed by atoms with E-state index >= 15 is 0 Å². The fraction of sp³-hybridized carbons (Fsp3) is 0.714. The minimum absolute atomic E-state index is 0.367. The van der Waals surface area contributed by atoms with Crippen molar-refractivity contribution in [2.24, 2.45) is 0 Å². The van der Waals surface area contributed by atoms with Crippen molar-refractivity contribution in [3.8, 4) is 0 Å². The second-order valence-corrected chi connectivity index (χ2v) is 10.0. The number of rotatable bonds is 20. The summed E-state index contributed by atoms with van der Waals surface area (Å²) in [6, 6.07) is 0.749. The first-order valence-electron chi connectivity index (χ1n) is 11.1. The highest BCUT2D eigenvalue weighted by Crippen LogP contribution is 2.18. The van der Waals surface area contributed by atoms with Crippen LogP contribution in [0.2, 0.25) is 6.04 Å². The first kappa shape index (κ1) is 30.9. The first-order chi connectivity index (χ1) is 15.5. The van der Waals surface area contributed by atoms with Crippen LogP contribution in [0.5, 0.6) is 0 Å². The van der Waals surface area contributed by atoms with E-state index < -0.39 is 8.80 Å². The van der Waals surface area contributed by atoms with Crippen LogP contribution in [0.15, 0.2) is 25.3 Å². The summed E-state index contributed by atoms with van der Waals surface area (Å²) in [6.07, 6.45) is 4.33. The minimum Gasteiger partial charge on any atom is -0.470 e. The largest absolute Gasteiger partial charge is 0.500 e. The fourth-order valence-electron chi connectivity index (χ4n) is 2.80. The van der Waals surface area contributed by atoms with E-state index in [4.69, 9.17) is 47.2 Å². The van der Waals surface area contributed by atoms with Crippen molar-refractivity contribution < 1.29 is 22.8 Å². The molecule has 0 aliphatic rings. The third kappa shape index (κ3) is 15.7. The lowest BCUT2D eigenvalue weighted by atomic mass is 10.4. The maximum absolute atomic E-state index is 5.95. The predicted molar refractivity (Wildman–Crippen MR) is 140 cm³/mol. The smallest absolute Gasteiger partial charge is 0.470 e. The number of hydrogen-bond acceptors (Lipinski definition) is 8. The summed E-state index contributed by atoms with van der Waals surface area (Å²) in [7, 11) is -2.66. The van der Waals surface area contributed by atoms with E-state index in [0.29, 0.717) is 69.6 Å². The van der Waals surface area contributed by atoms with Gasteiger partial charge in [-0.05, 0) is 58.2 Å². The van der Waals surface area contributed by atoms with Crippen LogP contribution in [0.4, 0.5) is 0 Å². The maximum Gasteiger partial charge on any atom is 0.500 e. The molecule has 0 saturated carbocycles. The lowest BCUT2D eigenvalue weighted by Crippen LogP contribution is -2.46. The fourth-order valence-corrected chi connectivity index (χ4v) is 5.73. The van der Waals surface area contributed by atoms with Crippen molar-refractivity contribution in [1.29, 1.82) is 0 Å². The molecular weight excluding hydrogens is 466 g/mol. The third-order valence-corrected chi connectivity index (χ3v) is 7.79. The average Bonchev–Trinajstić information content (AvgIpc) is 2.76. The molecule has 0 fully saturated rings. The SMILES string of the molecule is C=CCNC(=S)OCCN(CCC[Si](OCC)(OCC)OCC)CCOC(=S)NCC=C. The van der Waals surface area contributed by atoms with Gasteiger partial charge in [-0.3, -0.25) is 4.90 Å². The van der Waals surface area contributed by atoms with Crippen LogP contribution in [-0.4, -0.2) is 89.8 Å². The van der Waals surface area contributed by atoms with Gasteiger partial charge in [0.2, 0.25) is 0 Å². The maximum atomic E-state index is 5.95. The third-order valence-electron chi connectivity index (χ3n) is 4.11. The molecule has 0 heterocycles. The van der Waals surface area contributed by atoms with Gasteiger partial charge < -0.3 is 33.4 Å². The molecule has 186 valence electrons. The summed E-state index contributed by atoms with van der Waals surface area (Å²) >= 11 is 10.3. The van der Waals surface area contributed by atoms with Crippen LogP contribution in [0.1, 0.15) is 27.2 Å². The lowest BCUT2D eigenvalue weighted by molar-refractivity contribution is 0.0695. The molecule has 0 unspecified atom stereocenters. The molecule has 0 aromatic rings. The van der Waals surface area contributed by atoms with Gasteiger partial charge in [-0.15, -0.1) is 13.2 Å². The molecule has 0 aliphatic carbocycles. The van der Waals surface area contributed by atoms with Gasteiger partial charge in [0.1, 0.15) is 13.2 Å². The Kier molecular flexibility index (Phi) is 19.8. The number of nitrogens with zero attached hydrogens (tertiary/aromatic N) is 1. The second-order valence-electron chi connectivity index (χ2n) is 6.54. The van der Waals surface area contributed by atoms with Crippen LogP contribution >= 0.6 is 24.4 Å². The van der Waals surface area contributed by atoms with Gasteiger partial charge in [-0.2, -0.15) is 0 Å². The molecule has 0 saturated heterocycles. The Labute approximate surface area is 206 Å². The van der Waals surface area contributed by atoms with Gasteiger partial charge in [0.05, 0.1) is 0 Å². The van der Waals surface area contributed by atoms with Crippen LogP contribution in [-0.2, 0) is 22.8 Å². The highest BCUT2D eigenvalue weighted by Gasteiger charge is 2.39. The summed E-state index contributed by atoms with van der Waals surface area (Å²) in [5.74, 6) is 0. The van der Waals surface area contributed by atoms with Gasteiger partial charge >= 0.3 is 8.80 Å². The van der Waals surface area contributed by atoms with E-state index in [-0.39, 0.29) is 0 Å². The Hall–Kier alpha value is -1.08. The molecule has 0 aromatic heterocycles. The van der Waals surface area contributed by atoms with Crippen molar-refractivity contribution in [1.82, 2.24) is 15.5 Å². The zero-order valence-electron chi connectivity index (χ0n) is 19.9. The summed E-state index contributed by atoms with van der Waals surface area (Å²) in [6.45, 7) is 19.2. The molecule has 0 aromatic carbocycles. The number of ether oxygens (including phenoxy) is 2. The van der Waals surface area contributed by atoms with Crippen LogP contribution < -0.4 is 10.6 Å². The van der Waals surface area contributed by atoms with Crippen molar-refractivity contribution in [2.45, 2.75) is 33.2 Å². The zero-order valence-corrected chi connectivity index (χ0v) is 22.5.